The number of amides is 2. The highest BCUT2D eigenvalue weighted by atomic mass is 35.5. The van der Waals surface area contributed by atoms with Crippen LogP contribution >= 0.6 is 35.1 Å². The van der Waals surface area contributed by atoms with E-state index in [4.69, 9.17) is 11.6 Å². The summed E-state index contributed by atoms with van der Waals surface area (Å²) < 4.78 is 0. The van der Waals surface area contributed by atoms with Gasteiger partial charge in [-0.25, -0.2) is 0 Å². The second-order valence-electron chi connectivity index (χ2n) is 6.07. The summed E-state index contributed by atoms with van der Waals surface area (Å²) in [7, 11) is 0. The van der Waals surface area contributed by atoms with Crippen LogP contribution in [0.2, 0.25) is 5.02 Å². The molecule has 0 aliphatic heterocycles. The van der Waals surface area contributed by atoms with Crippen molar-refractivity contribution in [3.05, 3.63) is 59.1 Å². The molecule has 0 spiro atoms. The number of nitrogens with one attached hydrogen (secondary N) is 2. The quantitative estimate of drug-likeness (QED) is 0.462. The Morgan fingerprint density at radius 2 is 1.74 bits per heavy atom. The van der Waals surface area contributed by atoms with E-state index in [9.17, 15) is 9.59 Å². The van der Waals surface area contributed by atoms with Crippen molar-refractivity contribution in [1.82, 2.24) is 10.6 Å². The third kappa shape index (κ3) is 7.87. The molecule has 2 aromatic rings. The van der Waals surface area contributed by atoms with E-state index in [1.165, 1.54) is 11.8 Å². The van der Waals surface area contributed by atoms with Crippen LogP contribution in [0.15, 0.2) is 58.3 Å². The Hall–Kier alpha value is -1.63. The van der Waals surface area contributed by atoms with E-state index in [0.29, 0.717) is 17.1 Å². The standard InChI is InChI=1S/C20H23ClN2O2S2/c1-14(2)23-19(24)13-27-18-6-4-3-5-17(18)20(25)22-11-12-26-16-9-7-15(21)8-10-16/h3-10,14H,11-13H2,1-2H3,(H,22,25)(H,23,24). The van der Waals surface area contributed by atoms with Crippen molar-refractivity contribution in [1.29, 1.82) is 0 Å². The third-order valence-corrected chi connectivity index (χ3v) is 5.75. The first-order valence-electron chi connectivity index (χ1n) is 8.63. The van der Waals surface area contributed by atoms with Gasteiger partial charge in [0, 0.05) is 33.2 Å². The molecule has 0 aromatic heterocycles. The summed E-state index contributed by atoms with van der Waals surface area (Å²) in [4.78, 5) is 26.2. The summed E-state index contributed by atoms with van der Waals surface area (Å²) in [6.07, 6.45) is 0. The Balaban J connectivity index is 1.83. The monoisotopic (exact) mass is 422 g/mol. The summed E-state index contributed by atoms with van der Waals surface area (Å²) in [6.45, 7) is 4.40. The lowest BCUT2D eigenvalue weighted by Crippen LogP contribution is -2.31. The van der Waals surface area contributed by atoms with Crippen LogP contribution in [0.3, 0.4) is 0 Å². The molecule has 0 unspecified atom stereocenters. The van der Waals surface area contributed by atoms with E-state index in [1.807, 2.05) is 56.3 Å². The zero-order chi connectivity index (χ0) is 19.6. The van der Waals surface area contributed by atoms with Gasteiger partial charge in [-0.1, -0.05) is 23.7 Å². The van der Waals surface area contributed by atoms with Gasteiger partial charge in [-0.3, -0.25) is 9.59 Å². The van der Waals surface area contributed by atoms with Gasteiger partial charge in [0.1, 0.15) is 0 Å². The van der Waals surface area contributed by atoms with Gasteiger partial charge in [-0.05, 0) is 50.2 Å². The van der Waals surface area contributed by atoms with Gasteiger partial charge in [-0.2, -0.15) is 0 Å². The number of hydrogen-bond donors (Lipinski definition) is 2. The van der Waals surface area contributed by atoms with Gasteiger partial charge in [0.2, 0.25) is 5.91 Å². The smallest absolute Gasteiger partial charge is 0.252 e. The predicted molar refractivity (Wildman–Crippen MR) is 115 cm³/mol. The molecule has 0 fully saturated rings. The van der Waals surface area contributed by atoms with Crippen molar-refractivity contribution in [3.63, 3.8) is 0 Å². The number of hydrogen-bond acceptors (Lipinski definition) is 4. The van der Waals surface area contributed by atoms with Crippen LogP contribution in [0.25, 0.3) is 0 Å². The lowest BCUT2D eigenvalue weighted by molar-refractivity contribution is -0.119. The minimum atomic E-state index is -0.126. The highest BCUT2D eigenvalue weighted by Gasteiger charge is 2.12. The second kappa shape index (κ2) is 11.3. The summed E-state index contributed by atoms with van der Waals surface area (Å²) in [5.74, 6) is 0.887. The third-order valence-electron chi connectivity index (χ3n) is 3.41. The maximum atomic E-state index is 12.5. The Kier molecular flexibility index (Phi) is 9.04. The van der Waals surface area contributed by atoms with Crippen molar-refractivity contribution >= 4 is 46.9 Å². The highest BCUT2D eigenvalue weighted by Crippen LogP contribution is 2.23. The molecule has 0 aliphatic carbocycles. The minimum absolute atomic E-state index is 0.0374. The Morgan fingerprint density at radius 1 is 1.04 bits per heavy atom. The Morgan fingerprint density at radius 3 is 2.44 bits per heavy atom. The summed E-state index contributed by atoms with van der Waals surface area (Å²) in [5.41, 5.74) is 0.594. The maximum absolute atomic E-state index is 12.5. The van der Waals surface area contributed by atoms with Crippen LogP contribution in [0.5, 0.6) is 0 Å². The van der Waals surface area contributed by atoms with Gasteiger partial charge in [-0.15, -0.1) is 23.5 Å². The largest absolute Gasteiger partial charge is 0.353 e. The maximum Gasteiger partial charge on any atom is 0.252 e. The van der Waals surface area contributed by atoms with Crippen LogP contribution in [0.1, 0.15) is 24.2 Å². The molecule has 0 aliphatic rings. The number of halogens is 1. The van der Waals surface area contributed by atoms with Crippen LogP contribution < -0.4 is 10.6 Å². The molecule has 144 valence electrons. The molecule has 0 heterocycles. The highest BCUT2D eigenvalue weighted by molar-refractivity contribution is 8.00. The van der Waals surface area contributed by atoms with E-state index in [-0.39, 0.29) is 23.6 Å². The fraction of sp³-hybridized carbons (Fsp3) is 0.300. The lowest BCUT2D eigenvalue weighted by Gasteiger charge is -2.11. The number of carbonyl (C=O) groups excluding carboxylic acids is 2. The molecule has 2 amide bonds. The van der Waals surface area contributed by atoms with Gasteiger partial charge in [0.15, 0.2) is 0 Å². The van der Waals surface area contributed by atoms with Crippen molar-refractivity contribution in [2.75, 3.05) is 18.1 Å². The molecule has 0 radical (unpaired) electrons. The molecule has 0 saturated heterocycles. The SMILES string of the molecule is CC(C)NC(=O)CSc1ccccc1C(=O)NCCSc1ccc(Cl)cc1. The second-order valence-corrected chi connectivity index (χ2v) is 8.69. The zero-order valence-electron chi connectivity index (χ0n) is 15.3. The minimum Gasteiger partial charge on any atom is -0.353 e. The normalized spacial score (nSPS) is 10.7. The van der Waals surface area contributed by atoms with Crippen molar-refractivity contribution in [2.45, 2.75) is 29.7 Å². The van der Waals surface area contributed by atoms with Crippen LogP contribution in [-0.2, 0) is 4.79 Å². The molecule has 2 N–H and O–H groups in total. The molecular formula is C20H23ClN2O2S2. The number of rotatable bonds is 9. The first-order valence-corrected chi connectivity index (χ1v) is 11.0. The van der Waals surface area contributed by atoms with E-state index < -0.39 is 0 Å². The summed E-state index contributed by atoms with van der Waals surface area (Å²) in [5, 5.41) is 6.50. The molecule has 2 aromatic carbocycles. The van der Waals surface area contributed by atoms with Crippen molar-refractivity contribution < 1.29 is 9.59 Å². The average molecular weight is 423 g/mol. The van der Waals surface area contributed by atoms with E-state index in [0.717, 1.165) is 15.5 Å². The van der Waals surface area contributed by atoms with Gasteiger partial charge >= 0.3 is 0 Å². The number of benzene rings is 2. The first-order chi connectivity index (χ1) is 13.0. The Labute approximate surface area is 173 Å². The van der Waals surface area contributed by atoms with Crippen LogP contribution in [0.4, 0.5) is 0 Å². The molecule has 4 nitrogen and oxygen atoms in total. The molecule has 2 rings (SSSR count). The molecule has 0 atom stereocenters. The summed E-state index contributed by atoms with van der Waals surface area (Å²) in [6, 6.07) is 15.1. The zero-order valence-corrected chi connectivity index (χ0v) is 17.7. The van der Waals surface area contributed by atoms with Gasteiger partial charge in [0.05, 0.1) is 11.3 Å². The van der Waals surface area contributed by atoms with Crippen molar-refractivity contribution in [3.8, 4) is 0 Å². The molecule has 27 heavy (non-hydrogen) atoms. The molecule has 0 saturated carbocycles. The van der Waals surface area contributed by atoms with Crippen LogP contribution in [-0.4, -0.2) is 35.9 Å². The van der Waals surface area contributed by atoms with E-state index in [2.05, 4.69) is 10.6 Å². The number of carbonyl (C=O) groups is 2. The fourth-order valence-corrected chi connectivity index (χ4v) is 4.00. The van der Waals surface area contributed by atoms with E-state index >= 15 is 0 Å². The fourth-order valence-electron chi connectivity index (χ4n) is 2.25. The van der Waals surface area contributed by atoms with Crippen molar-refractivity contribution in [2.24, 2.45) is 0 Å². The van der Waals surface area contributed by atoms with Gasteiger partial charge in [0.25, 0.3) is 5.91 Å². The lowest BCUT2D eigenvalue weighted by atomic mass is 10.2. The number of thioether (sulfide) groups is 2. The summed E-state index contributed by atoms with van der Waals surface area (Å²) >= 11 is 8.90. The first kappa shape index (κ1) is 21.7. The molecule has 7 heteroatoms. The Bertz CT molecular complexity index is 767. The molecule has 0 bridgehead atoms. The van der Waals surface area contributed by atoms with Crippen LogP contribution in [0, 0.1) is 0 Å². The van der Waals surface area contributed by atoms with Gasteiger partial charge < -0.3 is 10.6 Å². The molecular weight excluding hydrogens is 400 g/mol. The predicted octanol–water partition coefficient (Wildman–Crippen LogP) is 4.48. The average Bonchev–Trinajstić information content (AvgIpc) is 2.64. The van der Waals surface area contributed by atoms with E-state index in [1.54, 1.807) is 17.8 Å². The topological polar surface area (TPSA) is 58.2 Å².